The highest BCUT2D eigenvalue weighted by atomic mass is 32.2. The standard InChI is InChI=1S/C9H13NOS/c1-2-5-12-9-4-3-8(7-11)6-10-9/h3-4,6,11H,2,5,7H2,1H3. The van der Waals surface area contributed by atoms with E-state index in [4.69, 9.17) is 5.11 Å². The fourth-order valence-corrected chi connectivity index (χ4v) is 1.50. The van der Waals surface area contributed by atoms with Gasteiger partial charge in [0.25, 0.3) is 0 Å². The largest absolute Gasteiger partial charge is 0.392 e. The molecule has 66 valence electrons. The number of rotatable bonds is 4. The molecule has 0 bridgehead atoms. The highest BCUT2D eigenvalue weighted by Crippen LogP contribution is 2.15. The molecule has 2 nitrogen and oxygen atoms in total. The van der Waals surface area contributed by atoms with Gasteiger partial charge in [0.15, 0.2) is 0 Å². The quantitative estimate of drug-likeness (QED) is 0.725. The number of pyridine rings is 1. The van der Waals surface area contributed by atoms with Crippen LogP contribution in [0, 0.1) is 0 Å². The van der Waals surface area contributed by atoms with Gasteiger partial charge in [0.05, 0.1) is 11.6 Å². The molecule has 0 aliphatic rings. The molecule has 1 N–H and O–H groups in total. The lowest BCUT2D eigenvalue weighted by molar-refractivity contribution is 0.281. The van der Waals surface area contributed by atoms with Crippen molar-refractivity contribution in [2.75, 3.05) is 5.75 Å². The molecule has 1 aromatic heterocycles. The number of hydrogen-bond donors (Lipinski definition) is 1. The monoisotopic (exact) mass is 183 g/mol. The van der Waals surface area contributed by atoms with Gasteiger partial charge < -0.3 is 5.11 Å². The summed E-state index contributed by atoms with van der Waals surface area (Å²) in [7, 11) is 0. The van der Waals surface area contributed by atoms with E-state index in [-0.39, 0.29) is 6.61 Å². The van der Waals surface area contributed by atoms with Crippen molar-refractivity contribution in [1.29, 1.82) is 0 Å². The van der Waals surface area contributed by atoms with Crippen molar-refractivity contribution < 1.29 is 5.11 Å². The third kappa shape index (κ3) is 2.83. The van der Waals surface area contributed by atoms with Crippen LogP contribution in [-0.2, 0) is 6.61 Å². The van der Waals surface area contributed by atoms with E-state index >= 15 is 0 Å². The van der Waals surface area contributed by atoms with Crippen molar-refractivity contribution in [3.63, 3.8) is 0 Å². The molecule has 3 heteroatoms. The minimum atomic E-state index is 0.0751. The predicted molar refractivity (Wildman–Crippen MR) is 51.2 cm³/mol. The van der Waals surface area contributed by atoms with Crippen LogP contribution in [0.25, 0.3) is 0 Å². The van der Waals surface area contributed by atoms with Crippen LogP contribution >= 0.6 is 11.8 Å². The molecule has 0 aromatic carbocycles. The van der Waals surface area contributed by atoms with Gasteiger partial charge in [-0.1, -0.05) is 13.0 Å². The second-order valence-corrected chi connectivity index (χ2v) is 3.63. The average molecular weight is 183 g/mol. The van der Waals surface area contributed by atoms with Gasteiger partial charge in [-0.25, -0.2) is 4.98 Å². The molecule has 1 rings (SSSR count). The van der Waals surface area contributed by atoms with Gasteiger partial charge in [0, 0.05) is 6.20 Å². The van der Waals surface area contributed by atoms with Gasteiger partial charge >= 0.3 is 0 Å². The molecular formula is C9H13NOS. The summed E-state index contributed by atoms with van der Waals surface area (Å²) in [4.78, 5) is 4.19. The third-order valence-corrected chi connectivity index (χ3v) is 2.58. The van der Waals surface area contributed by atoms with Crippen LogP contribution in [-0.4, -0.2) is 15.8 Å². The Morgan fingerprint density at radius 3 is 2.83 bits per heavy atom. The fourth-order valence-electron chi connectivity index (χ4n) is 0.796. The van der Waals surface area contributed by atoms with Crippen LogP contribution in [0.15, 0.2) is 23.4 Å². The van der Waals surface area contributed by atoms with E-state index in [1.54, 1.807) is 18.0 Å². The van der Waals surface area contributed by atoms with E-state index in [2.05, 4.69) is 11.9 Å². The molecule has 1 aromatic rings. The van der Waals surface area contributed by atoms with Gasteiger partial charge in [0.1, 0.15) is 0 Å². The molecule has 12 heavy (non-hydrogen) atoms. The number of aromatic nitrogens is 1. The zero-order valence-electron chi connectivity index (χ0n) is 7.16. The summed E-state index contributed by atoms with van der Waals surface area (Å²) in [5.74, 6) is 1.10. The van der Waals surface area contributed by atoms with Crippen molar-refractivity contribution in [1.82, 2.24) is 4.98 Å². The Balaban J connectivity index is 2.53. The second kappa shape index (κ2) is 5.17. The number of thioether (sulfide) groups is 1. The molecule has 0 radical (unpaired) electrons. The maximum absolute atomic E-state index is 8.76. The normalized spacial score (nSPS) is 10.2. The summed E-state index contributed by atoms with van der Waals surface area (Å²) in [6.07, 6.45) is 2.88. The molecule has 0 fully saturated rings. The van der Waals surface area contributed by atoms with Crippen LogP contribution in [0.1, 0.15) is 18.9 Å². The van der Waals surface area contributed by atoms with Crippen molar-refractivity contribution in [3.05, 3.63) is 23.9 Å². The Hall–Kier alpha value is -0.540. The lowest BCUT2D eigenvalue weighted by atomic mass is 10.3. The van der Waals surface area contributed by atoms with E-state index in [9.17, 15) is 0 Å². The SMILES string of the molecule is CCCSc1ccc(CO)cn1. The van der Waals surface area contributed by atoms with Crippen LogP contribution in [0.3, 0.4) is 0 Å². The summed E-state index contributed by atoms with van der Waals surface area (Å²) in [5.41, 5.74) is 0.871. The Kier molecular flexibility index (Phi) is 4.11. The van der Waals surface area contributed by atoms with Crippen LogP contribution in [0.4, 0.5) is 0 Å². The highest BCUT2D eigenvalue weighted by Gasteiger charge is 1.94. The van der Waals surface area contributed by atoms with Gasteiger partial charge in [-0.2, -0.15) is 0 Å². The fraction of sp³-hybridized carbons (Fsp3) is 0.444. The topological polar surface area (TPSA) is 33.1 Å². The molecule has 0 aliphatic heterocycles. The van der Waals surface area contributed by atoms with Crippen LogP contribution in [0.5, 0.6) is 0 Å². The minimum Gasteiger partial charge on any atom is -0.392 e. The number of nitrogens with zero attached hydrogens (tertiary/aromatic N) is 1. The Bertz CT molecular complexity index is 222. The highest BCUT2D eigenvalue weighted by molar-refractivity contribution is 7.99. The van der Waals surface area contributed by atoms with E-state index in [0.717, 1.165) is 22.8 Å². The predicted octanol–water partition coefficient (Wildman–Crippen LogP) is 2.08. The molecule has 0 atom stereocenters. The van der Waals surface area contributed by atoms with Crippen molar-refractivity contribution in [2.45, 2.75) is 25.0 Å². The zero-order valence-corrected chi connectivity index (χ0v) is 7.97. The lowest BCUT2D eigenvalue weighted by Gasteiger charge is -1.99. The van der Waals surface area contributed by atoms with E-state index in [0.29, 0.717) is 0 Å². The van der Waals surface area contributed by atoms with Gasteiger partial charge in [0.2, 0.25) is 0 Å². The summed E-state index contributed by atoms with van der Waals surface area (Å²) >= 11 is 1.75. The maximum atomic E-state index is 8.76. The summed E-state index contributed by atoms with van der Waals surface area (Å²) in [6, 6.07) is 3.86. The smallest absolute Gasteiger partial charge is 0.0960 e. The average Bonchev–Trinajstić information content (AvgIpc) is 2.15. The molecule has 1 heterocycles. The van der Waals surface area contributed by atoms with E-state index in [1.165, 1.54) is 0 Å². The zero-order chi connectivity index (χ0) is 8.81. The van der Waals surface area contributed by atoms with Gasteiger partial charge in [-0.15, -0.1) is 11.8 Å². The van der Waals surface area contributed by atoms with Crippen molar-refractivity contribution in [2.24, 2.45) is 0 Å². The molecule has 0 unspecified atom stereocenters. The molecular weight excluding hydrogens is 170 g/mol. The van der Waals surface area contributed by atoms with Crippen LogP contribution in [0.2, 0.25) is 0 Å². The molecule has 0 amide bonds. The van der Waals surface area contributed by atoms with Gasteiger partial charge in [-0.3, -0.25) is 0 Å². The van der Waals surface area contributed by atoms with Gasteiger partial charge in [-0.05, 0) is 23.8 Å². The van der Waals surface area contributed by atoms with Crippen molar-refractivity contribution in [3.8, 4) is 0 Å². The third-order valence-electron chi connectivity index (χ3n) is 1.43. The maximum Gasteiger partial charge on any atom is 0.0960 e. The first-order valence-corrected chi connectivity index (χ1v) is 5.04. The first-order valence-electron chi connectivity index (χ1n) is 4.05. The molecule has 0 spiro atoms. The summed E-state index contributed by atoms with van der Waals surface area (Å²) in [6.45, 7) is 2.22. The van der Waals surface area contributed by atoms with E-state index in [1.807, 2.05) is 12.1 Å². The molecule has 0 aliphatic carbocycles. The molecule has 0 saturated carbocycles. The number of hydrogen-bond acceptors (Lipinski definition) is 3. The van der Waals surface area contributed by atoms with Crippen molar-refractivity contribution >= 4 is 11.8 Å². The second-order valence-electron chi connectivity index (χ2n) is 2.51. The number of aliphatic hydroxyl groups excluding tert-OH is 1. The Morgan fingerprint density at radius 1 is 1.50 bits per heavy atom. The first kappa shape index (κ1) is 9.55. The number of aliphatic hydroxyl groups is 1. The summed E-state index contributed by atoms with van der Waals surface area (Å²) in [5, 5.41) is 9.79. The summed E-state index contributed by atoms with van der Waals surface area (Å²) < 4.78 is 0. The Labute approximate surface area is 77.0 Å². The molecule has 0 saturated heterocycles. The lowest BCUT2D eigenvalue weighted by Crippen LogP contribution is -1.86. The van der Waals surface area contributed by atoms with E-state index < -0.39 is 0 Å². The Morgan fingerprint density at radius 2 is 2.33 bits per heavy atom. The first-order chi connectivity index (χ1) is 5.86. The van der Waals surface area contributed by atoms with Crippen LogP contribution < -0.4 is 0 Å². The minimum absolute atomic E-state index is 0.0751.